The molecule has 0 radical (unpaired) electrons. The Balaban J connectivity index is 0.00000324. The summed E-state index contributed by atoms with van der Waals surface area (Å²) in [6.45, 7) is 3.84. The molecular formula is C13H21BrClNO3. The summed E-state index contributed by atoms with van der Waals surface area (Å²) >= 11 is 3.48. The maximum Gasteiger partial charge on any atom is 0.161 e. The Morgan fingerprint density at radius 1 is 1.26 bits per heavy atom. The zero-order valence-corrected chi connectivity index (χ0v) is 14.0. The highest BCUT2D eigenvalue weighted by atomic mass is 79.9. The Morgan fingerprint density at radius 2 is 1.74 bits per heavy atom. The normalized spacial score (nSPS) is 12.6. The lowest BCUT2D eigenvalue weighted by atomic mass is 9.82. The molecule has 0 aliphatic carbocycles. The molecule has 4 nitrogen and oxygen atoms in total. The van der Waals surface area contributed by atoms with E-state index < -0.39 is 5.41 Å². The van der Waals surface area contributed by atoms with Gasteiger partial charge in [0.2, 0.25) is 0 Å². The molecule has 0 unspecified atom stereocenters. The number of ether oxygens (including phenoxy) is 2. The van der Waals surface area contributed by atoms with E-state index in [-0.39, 0.29) is 25.1 Å². The van der Waals surface area contributed by atoms with Gasteiger partial charge in [-0.3, -0.25) is 0 Å². The fourth-order valence-corrected chi connectivity index (χ4v) is 2.20. The average molecular weight is 355 g/mol. The van der Waals surface area contributed by atoms with Gasteiger partial charge in [-0.1, -0.05) is 29.8 Å². The topological polar surface area (TPSA) is 64.7 Å². The van der Waals surface area contributed by atoms with Gasteiger partial charge in [-0.2, -0.15) is 0 Å². The summed E-state index contributed by atoms with van der Waals surface area (Å²) < 4.78 is 11.3. The standard InChI is InChI=1S/C13H20BrNO3.ClH/c1-13(2,7-16)12(15)8-5-10(17-3)11(18-4)6-9(8)14;/h5-6,12,16H,7,15H2,1-4H3;1H/t12-;/m0./s1. The number of benzene rings is 1. The molecule has 1 aromatic carbocycles. The molecule has 6 heteroatoms. The first-order chi connectivity index (χ1) is 8.37. The van der Waals surface area contributed by atoms with Crippen LogP contribution in [0.25, 0.3) is 0 Å². The van der Waals surface area contributed by atoms with Gasteiger partial charge in [0.15, 0.2) is 11.5 Å². The molecule has 0 saturated heterocycles. The van der Waals surface area contributed by atoms with Gasteiger partial charge < -0.3 is 20.3 Å². The number of aliphatic hydroxyl groups excluding tert-OH is 1. The van der Waals surface area contributed by atoms with Gasteiger partial charge in [0.05, 0.1) is 14.2 Å². The number of halogens is 2. The van der Waals surface area contributed by atoms with Crippen LogP contribution in [0, 0.1) is 5.41 Å². The molecule has 0 heterocycles. The molecule has 0 aliphatic rings. The van der Waals surface area contributed by atoms with Crippen LogP contribution in [0.15, 0.2) is 16.6 Å². The van der Waals surface area contributed by atoms with E-state index in [1.54, 1.807) is 14.2 Å². The molecule has 110 valence electrons. The van der Waals surface area contributed by atoms with E-state index in [4.69, 9.17) is 15.2 Å². The first-order valence-corrected chi connectivity index (χ1v) is 6.44. The van der Waals surface area contributed by atoms with Gasteiger partial charge in [0.1, 0.15) is 0 Å². The smallest absolute Gasteiger partial charge is 0.161 e. The Kier molecular flexibility index (Phi) is 7.15. The quantitative estimate of drug-likeness (QED) is 0.853. The fourth-order valence-electron chi connectivity index (χ4n) is 1.63. The summed E-state index contributed by atoms with van der Waals surface area (Å²) in [7, 11) is 3.17. The minimum absolute atomic E-state index is 0. The van der Waals surface area contributed by atoms with Crippen molar-refractivity contribution in [1.82, 2.24) is 0 Å². The zero-order valence-electron chi connectivity index (χ0n) is 11.6. The van der Waals surface area contributed by atoms with Crippen molar-refractivity contribution in [2.24, 2.45) is 11.1 Å². The highest BCUT2D eigenvalue weighted by molar-refractivity contribution is 9.10. The molecule has 0 spiro atoms. The van der Waals surface area contributed by atoms with Crippen molar-refractivity contribution >= 4 is 28.3 Å². The number of hydrogen-bond acceptors (Lipinski definition) is 4. The minimum atomic E-state index is -0.415. The van der Waals surface area contributed by atoms with E-state index >= 15 is 0 Å². The minimum Gasteiger partial charge on any atom is -0.493 e. The van der Waals surface area contributed by atoms with E-state index in [2.05, 4.69) is 15.9 Å². The monoisotopic (exact) mass is 353 g/mol. The van der Waals surface area contributed by atoms with Crippen LogP contribution < -0.4 is 15.2 Å². The molecule has 0 amide bonds. The molecule has 0 bridgehead atoms. The van der Waals surface area contributed by atoms with E-state index in [1.165, 1.54) is 0 Å². The van der Waals surface area contributed by atoms with E-state index in [9.17, 15) is 5.11 Å². The third kappa shape index (κ3) is 3.99. The largest absolute Gasteiger partial charge is 0.493 e. The lowest BCUT2D eigenvalue weighted by Crippen LogP contribution is -2.32. The van der Waals surface area contributed by atoms with E-state index in [1.807, 2.05) is 26.0 Å². The van der Waals surface area contributed by atoms with Crippen molar-refractivity contribution in [1.29, 1.82) is 0 Å². The molecule has 0 fully saturated rings. The average Bonchev–Trinajstić information content (AvgIpc) is 2.37. The molecule has 1 atom stereocenters. The summed E-state index contributed by atoms with van der Waals surface area (Å²) in [5, 5.41) is 9.39. The summed E-state index contributed by atoms with van der Waals surface area (Å²) in [5.41, 5.74) is 6.68. The maximum absolute atomic E-state index is 9.39. The molecule has 0 saturated carbocycles. The Labute approximate surface area is 128 Å². The highest BCUT2D eigenvalue weighted by Crippen LogP contribution is 2.40. The van der Waals surface area contributed by atoms with Gasteiger partial charge in [-0.15, -0.1) is 12.4 Å². The number of aliphatic hydroxyl groups is 1. The van der Waals surface area contributed by atoms with Gasteiger partial charge in [0, 0.05) is 22.5 Å². The fraction of sp³-hybridized carbons (Fsp3) is 0.538. The summed E-state index contributed by atoms with van der Waals surface area (Å²) in [4.78, 5) is 0. The van der Waals surface area contributed by atoms with Crippen LogP contribution >= 0.6 is 28.3 Å². The van der Waals surface area contributed by atoms with Crippen LogP contribution in [0.1, 0.15) is 25.5 Å². The van der Waals surface area contributed by atoms with E-state index in [0.29, 0.717) is 11.5 Å². The Bertz CT molecular complexity index is 427. The second-order valence-corrected chi connectivity index (χ2v) is 5.71. The predicted molar refractivity (Wildman–Crippen MR) is 82.3 cm³/mol. The summed E-state index contributed by atoms with van der Waals surface area (Å²) in [6, 6.07) is 3.35. The number of hydrogen-bond donors (Lipinski definition) is 2. The molecule has 1 rings (SSSR count). The molecular weight excluding hydrogens is 334 g/mol. The van der Waals surface area contributed by atoms with E-state index in [0.717, 1.165) is 10.0 Å². The third-order valence-electron chi connectivity index (χ3n) is 3.09. The molecule has 3 N–H and O–H groups in total. The predicted octanol–water partition coefficient (Wildman–Crippen LogP) is 2.91. The first-order valence-electron chi connectivity index (χ1n) is 5.65. The van der Waals surface area contributed by atoms with Crippen molar-refractivity contribution in [2.45, 2.75) is 19.9 Å². The van der Waals surface area contributed by atoms with Crippen LogP contribution in [-0.2, 0) is 0 Å². The van der Waals surface area contributed by atoms with Crippen molar-refractivity contribution in [3.05, 3.63) is 22.2 Å². The van der Waals surface area contributed by atoms with Crippen molar-refractivity contribution in [2.75, 3.05) is 20.8 Å². The molecule has 0 aromatic heterocycles. The van der Waals surface area contributed by atoms with Gasteiger partial charge in [-0.05, 0) is 17.7 Å². The second kappa shape index (κ2) is 7.33. The highest BCUT2D eigenvalue weighted by Gasteiger charge is 2.29. The molecule has 0 aliphatic heterocycles. The van der Waals surface area contributed by atoms with Crippen molar-refractivity contribution < 1.29 is 14.6 Å². The molecule has 1 aromatic rings. The Hall–Kier alpha value is -0.490. The number of rotatable bonds is 5. The SMILES string of the molecule is COc1cc(Br)c([C@H](N)C(C)(C)CO)cc1OC.Cl. The first kappa shape index (κ1) is 18.5. The number of methoxy groups -OCH3 is 2. The van der Waals surface area contributed by atoms with Crippen LogP contribution in [0.5, 0.6) is 11.5 Å². The lowest BCUT2D eigenvalue weighted by molar-refractivity contribution is 0.132. The second-order valence-electron chi connectivity index (χ2n) is 4.85. The van der Waals surface area contributed by atoms with Crippen LogP contribution in [0.2, 0.25) is 0 Å². The van der Waals surface area contributed by atoms with Crippen LogP contribution in [-0.4, -0.2) is 25.9 Å². The van der Waals surface area contributed by atoms with Crippen LogP contribution in [0.3, 0.4) is 0 Å². The lowest BCUT2D eigenvalue weighted by Gasteiger charge is -2.30. The molecule has 19 heavy (non-hydrogen) atoms. The zero-order chi connectivity index (χ0) is 13.9. The third-order valence-corrected chi connectivity index (χ3v) is 3.77. The van der Waals surface area contributed by atoms with Crippen LogP contribution in [0.4, 0.5) is 0 Å². The van der Waals surface area contributed by atoms with Gasteiger partial charge >= 0.3 is 0 Å². The van der Waals surface area contributed by atoms with Crippen molar-refractivity contribution in [3.63, 3.8) is 0 Å². The van der Waals surface area contributed by atoms with Gasteiger partial charge in [0.25, 0.3) is 0 Å². The van der Waals surface area contributed by atoms with Crippen molar-refractivity contribution in [3.8, 4) is 11.5 Å². The Morgan fingerprint density at radius 3 is 2.16 bits per heavy atom. The summed E-state index contributed by atoms with van der Waals surface area (Å²) in [5.74, 6) is 1.27. The van der Waals surface area contributed by atoms with Gasteiger partial charge in [-0.25, -0.2) is 0 Å². The maximum atomic E-state index is 9.39. The number of nitrogens with two attached hydrogens (primary N) is 1. The summed E-state index contributed by atoms with van der Waals surface area (Å²) in [6.07, 6.45) is 0.